The Labute approximate surface area is 118 Å². The average Bonchev–Trinajstić information content (AvgIpc) is 2.96. The summed E-state index contributed by atoms with van der Waals surface area (Å²) in [6.45, 7) is 0. The van der Waals surface area contributed by atoms with Gasteiger partial charge < -0.3 is 9.32 Å². The second-order valence-electron chi connectivity index (χ2n) is 4.46. The summed E-state index contributed by atoms with van der Waals surface area (Å²) in [5, 5.41) is 2.81. The van der Waals surface area contributed by atoms with Crippen LogP contribution in [0.3, 0.4) is 0 Å². The maximum Gasteiger partial charge on any atom is 0.293 e. The van der Waals surface area contributed by atoms with Gasteiger partial charge in [-0.15, -0.1) is 0 Å². The standard InChI is InChI=1S/C11H16N2O4S2/c1-13(8-4-6-19(15,16)7-8)11(18)12-10(14)9-3-2-5-17-9/h2-3,5,8,15-16H,4,6-7H2,1H3,(H,12,14,18). The Kier molecular flexibility index (Phi) is 4.14. The van der Waals surface area contributed by atoms with Crippen molar-refractivity contribution in [3.8, 4) is 0 Å². The van der Waals surface area contributed by atoms with Gasteiger partial charge in [-0.05, 0) is 30.8 Å². The molecule has 1 unspecified atom stereocenters. The van der Waals surface area contributed by atoms with E-state index in [9.17, 15) is 13.9 Å². The van der Waals surface area contributed by atoms with Crippen LogP contribution in [0.25, 0.3) is 0 Å². The summed E-state index contributed by atoms with van der Waals surface area (Å²) in [6, 6.07) is 3.10. The number of nitrogens with one attached hydrogen (secondary N) is 1. The minimum absolute atomic E-state index is 0.0607. The van der Waals surface area contributed by atoms with E-state index in [-0.39, 0.29) is 16.9 Å². The van der Waals surface area contributed by atoms with Crippen molar-refractivity contribution in [2.24, 2.45) is 0 Å². The molecule has 1 aromatic rings. The molecule has 1 saturated heterocycles. The zero-order valence-corrected chi connectivity index (χ0v) is 12.0. The van der Waals surface area contributed by atoms with Gasteiger partial charge in [0.25, 0.3) is 5.91 Å². The number of carbonyl (C=O) groups is 1. The normalized spacial score (nSPS) is 22.8. The molecule has 8 heteroatoms. The molecule has 6 nitrogen and oxygen atoms in total. The van der Waals surface area contributed by atoms with Crippen molar-refractivity contribution in [2.75, 3.05) is 18.6 Å². The highest BCUT2D eigenvalue weighted by molar-refractivity contribution is 8.24. The zero-order valence-electron chi connectivity index (χ0n) is 10.4. The van der Waals surface area contributed by atoms with Crippen molar-refractivity contribution in [2.45, 2.75) is 12.5 Å². The van der Waals surface area contributed by atoms with E-state index < -0.39 is 16.5 Å². The third kappa shape index (κ3) is 3.47. The van der Waals surface area contributed by atoms with E-state index in [2.05, 4.69) is 5.32 Å². The summed E-state index contributed by atoms with van der Waals surface area (Å²) >= 11 is 5.14. The Balaban J connectivity index is 1.91. The summed E-state index contributed by atoms with van der Waals surface area (Å²) in [5.74, 6) is 0.453. The number of carbonyl (C=O) groups excluding carboxylic acids is 1. The van der Waals surface area contributed by atoms with Crippen molar-refractivity contribution < 1.29 is 18.3 Å². The molecule has 0 spiro atoms. The summed E-state index contributed by atoms with van der Waals surface area (Å²) < 4.78 is 24.2. The van der Waals surface area contributed by atoms with E-state index in [1.54, 1.807) is 24.1 Å². The second-order valence-corrected chi connectivity index (χ2v) is 7.20. The maximum absolute atomic E-state index is 11.8. The Morgan fingerprint density at radius 3 is 2.89 bits per heavy atom. The number of rotatable bonds is 2. The lowest BCUT2D eigenvalue weighted by molar-refractivity contribution is 0.0946. The highest BCUT2D eigenvalue weighted by Gasteiger charge is 2.32. The lowest BCUT2D eigenvalue weighted by Crippen LogP contribution is -2.45. The lowest BCUT2D eigenvalue weighted by Gasteiger charge is -2.30. The van der Waals surface area contributed by atoms with Gasteiger partial charge in [-0.1, -0.05) is 0 Å². The molecule has 2 heterocycles. The largest absolute Gasteiger partial charge is 0.459 e. The molecule has 0 bridgehead atoms. The number of hydrogen-bond acceptors (Lipinski definition) is 5. The third-order valence-electron chi connectivity index (χ3n) is 3.07. The minimum atomic E-state index is -2.48. The predicted molar refractivity (Wildman–Crippen MR) is 77.5 cm³/mol. The molecule has 1 aromatic heterocycles. The Hall–Kier alpha value is -1.09. The Morgan fingerprint density at radius 2 is 2.37 bits per heavy atom. The number of furan rings is 1. The van der Waals surface area contributed by atoms with Gasteiger partial charge in [0.15, 0.2) is 10.9 Å². The van der Waals surface area contributed by atoms with Gasteiger partial charge in [-0.3, -0.25) is 19.2 Å². The molecular weight excluding hydrogens is 288 g/mol. The second kappa shape index (κ2) is 5.49. The highest BCUT2D eigenvalue weighted by atomic mass is 32.3. The monoisotopic (exact) mass is 304 g/mol. The fourth-order valence-electron chi connectivity index (χ4n) is 1.93. The van der Waals surface area contributed by atoms with Crippen molar-refractivity contribution >= 4 is 33.8 Å². The Morgan fingerprint density at radius 1 is 1.63 bits per heavy atom. The minimum Gasteiger partial charge on any atom is -0.459 e. The fourth-order valence-corrected chi connectivity index (χ4v) is 3.99. The molecule has 1 amide bonds. The smallest absolute Gasteiger partial charge is 0.293 e. The summed E-state index contributed by atoms with van der Waals surface area (Å²) in [7, 11) is -0.746. The first kappa shape index (κ1) is 14.3. The van der Waals surface area contributed by atoms with Crippen LogP contribution in [-0.2, 0) is 0 Å². The van der Waals surface area contributed by atoms with Gasteiger partial charge in [-0.2, -0.15) is 10.6 Å². The van der Waals surface area contributed by atoms with Gasteiger partial charge in [0, 0.05) is 18.8 Å². The average molecular weight is 304 g/mol. The van der Waals surface area contributed by atoms with Gasteiger partial charge >= 0.3 is 0 Å². The van der Waals surface area contributed by atoms with E-state index in [0.717, 1.165) is 0 Å². The van der Waals surface area contributed by atoms with Crippen LogP contribution in [0.1, 0.15) is 17.0 Å². The molecule has 1 aliphatic heterocycles. The van der Waals surface area contributed by atoms with Gasteiger partial charge in [0.05, 0.1) is 12.0 Å². The molecule has 0 aliphatic carbocycles. The van der Waals surface area contributed by atoms with E-state index in [1.807, 2.05) is 0 Å². The van der Waals surface area contributed by atoms with Crippen LogP contribution >= 0.6 is 22.8 Å². The molecular formula is C11H16N2O4S2. The van der Waals surface area contributed by atoms with Crippen LogP contribution in [0.15, 0.2) is 22.8 Å². The number of nitrogens with zero attached hydrogens (tertiary/aromatic N) is 1. The molecule has 1 atom stereocenters. The first-order valence-electron chi connectivity index (χ1n) is 5.74. The van der Waals surface area contributed by atoms with E-state index in [4.69, 9.17) is 16.6 Å². The first-order valence-corrected chi connectivity index (χ1v) is 8.03. The first-order chi connectivity index (χ1) is 8.89. The third-order valence-corrected chi connectivity index (χ3v) is 5.27. The van der Waals surface area contributed by atoms with Crippen LogP contribution < -0.4 is 5.32 Å². The molecule has 0 aromatic carbocycles. The maximum atomic E-state index is 11.8. The van der Waals surface area contributed by atoms with Crippen molar-refractivity contribution in [3.63, 3.8) is 0 Å². The molecule has 3 N–H and O–H groups in total. The lowest BCUT2D eigenvalue weighted by atomic mass is 10.2. The fraction of sp³-hybridized carbons (Fsp3) is 0.455. The molecule has 1 fully saturated rings. The topological polar surface area (TPSA) is 85.9 Å². The predicted octanol–water partition coefficient (Wildman–Crippen LogP) is 1.75. The van der Waals surface area contributed by atoms with Crippen molar-refractivity contribution in [1.82, 2.24) is 10.2 Å². The molecule has 0 saturated carbocycles. The summed E-state index contributed by atoms with van der Waals surface area (Å²) in [4.78, 5) is 13.4. The highest BCUT2D eigenvalue weighted by Crippen LogP contribution is 2.46. The van der Waals surface area contributed by atoms with Crippen LogP contribution in [-0.4, -0.2) is 49.6 Å². The molecule has 2 rings (SSSR count). The van der Waals surface area contributed by atoms with E-state index >= 15 is 0 Å². The number of amides is 1. The Bertz CT molecular complexity index is 475. The molecule has 1 aliphatic rings. The van der Waals surface area contributed by atoms with Crippen LogP contribution in [0.5, 0.6) is 0 Å². The van der Waals surface area contributed by atoms with Crippen molar-refractivity contribution in [3.05, 3.63) is 24.2 Å². The van der Waals surface area contributed by atoms with Gasteiger partial charge in [0.2, 0.25) is 0 Å². The van der Waals surface area contributed by atoms with E-state index in [1.165, 1.54) is 6.26 Å². The number of hydrogen-bond donors (Lipinski definition) is 3. The van der Waals surface area contributed by atoms with Crippen LogP contribution in [0.4, 0.5) is 0 Å². The van der Waals surface area contributed by atoms with E-state index in [0.29, 0.717) is 17.9 Å². The zero-order chi connectivity index (χ0) is 14.0. The molecule has 106 valence electrons. The molecule has 19 heavy (non-hydrogen) atoms. The molecule has 0 radical (unpaired) electrons. The van der Waals surface area contributed by atoms with Gasteiger partial charge in [-0.25, -0.2) is 0 Å². The summed E-state index contributed by atoms with van der Waals surface area (Å²) in [5.41, 5.74) is 0. The SMILES string of the molecule is CN(C(=S)NC(=O)c1ccco1)C1CCS(O)(O)C1. The van der Waals surface area contributed by atoms with Gasteiger partial charge in [0.1, 0.15) is 0 Å². The quantitative estimate of drug-likeness (QED) is 0.722. The number of thiocarbonyl (C=S) groups is 1. The summed E-state index contributed by atoms with van der Waals surface area (Å²) in [6.07, 6.45) is 2.06. The van der Waals surface area contributed by atoms with Crippen LogP contribution in [0, 0.1) is 0 Å². The van der Waals surface area contributed by atoms with Crippen molar-refractivity contribution in [1.29, 1.82) is 0 Å². The van der Waals surface area contributed by atoms with Crippen LogP contribution in [0.2, 0.25) is 0 Å².